The van der Waals surface area contributed by atoms with Crippen molar-refractivity contribution in [2.75, 3.05) is 26.7 Å². The first-order chi connectivity index (χ1) is 11.4. The number of amides is 1. The molecular weight excluding hydrogens is 366 g/mol. The predicted molar refractivity (Wildman–Crippen MR) is 97.0 cm³/mol. The Morgan fingerprint density at radius 2 is 2.08 bits per heavy atom. The van der Waals surface area contributed by atoms with Crippen molar-refractivity contribution in [2.45, 2.75) is 36.7 Å². The number of benzene rings is 1. The molecule has 7 nitrogen and oxygen atoms in total. The molecule has 0 spiro atoms. The lowest BCUT2D eigenvalue weighted by molar-refractivity contribution is 0.0709. The SMILES string of the molecule is COc1ccc(C(=O)N2CCNC(C)C2)cc1S(=O)(=O)NC1CC1.Cl. The van der Waals surface area contributed by atoms with Gasteiger partial charge in [-0.25, -0.2) is 13.1 Å². The minimum atomic E-state index is -3.70. The molecule has 1 saturated carbocycles. The molecule has 1 amide bonds. The number of methoxy groups -OCH3 is 1. The molecule has 1 aliphatic carbocycles. The molecule has 1 unspecified atom stereocenters. The molecule has 0 aromatic heterocycles. The third-order valence-corrected chi connectivity index (χ3v) is 5.80. The van der Waals surface area contributed by atoms with Gasteiger partial charge >= 0.3 is 0 Å². The van der Waals surface area contributed by atoms with Crippen LogP contribution in [-0.2, 0) is 10.0 Å². The first-order valence-corrected chi connectivity index (χ1v) is 9.62. The van der Waals surface area contributed by atoms with Crippen LogP contribution in [0.3, 0.4) is 0 Å². The van der Waals surface area contributed by atoms with Gasteiger partial charge in [0, 0.05) is 37.3 Å². The lowest BCUT2D eigenvalue weighted by Gasteiger charge is -2.32. The maximum atomic E-state index is 12.7. The summed E-state index contributed by atoms with van der Waals surface area (Å²) >= 11 is 0. The first-order valence-electron chi connectivity index (χ1n) is 8.14. The zero-order chi connectivity index (χ0) is 17.3. The predicted octanol–water partition coefficient (Wildman–Crippen LogP) is 0.992. The van der Waals surface area contributed by atoms with Gasteiger partial charge in [0.1, 0.15) is 10.6 Å². The van der Waals surface area contributed by atoms with E-state index in [1.54, 1.807) is 17.0 Å². The van der Waals surface area contributed by atoms with E-state index < -0.39 is 10.0 Å². The first kappa shape index (κ1) is 20.0. The molecule has 2 N–H and O–H groups in total. The highest BCUT2D eigenvalue weighted by molar-refractivity contribution is 7.89. The number of hydrogen-bond donors (Lipinski definition) is 2. The summed E-state index contributed by atoms with van der Waals surface area (Å²) < 4.78 is 32.9. The van der Waals surface area contributed by atoms with Gasteiger partial charge < -0.3 is 15.0 Å². The minimum Gasteiger partial charge on any atom is -0.495 e. The third kappa shape index (κ3) is 4.63. The average Bonchev–Trinajstić information content (AvgIpc) is 3.37. The van der Waals surface area contributed by atoms with Gasteiger partial charge in [0.25, 0.3) is 5.91 Å². The van der Waals surface area contributed by atoms with Gasteiger partial charge in [-0.3, -0.25) is 4.79 Å². The summed E-state index contributed by atoms with van der Waals surface area (Å²) in [6.45, 7) is 3.96. The van der Waals surface area contributed by atoms with Crippen molar-refractivity contribution in [3.05, 3.63) is 23.8 Å². The van der Waals surface area contributed by atoms with Crippen molar-refractivity contribution >= 4 is 28.3 Å². The van der Waals surface area contributed by atoms with Crippen molar-refractivity contribution in [3.8, 4) is 5.75 Å². The van der Waals surface area contributed by atoms with Gasteiger partial charge in [0.2, 0.25) is 10.0 Å². The number of rotatable bonds is 5. The Balaban J connectivity index is 0.00000225. The maximum absolute atomic E-state index is 12.7. The molecule has 3 rings (SSSR count). The quantitative estimate of drug-likeness (QED) is 0.784. The van der Waals surface area contributed by atoms with Gasteiger partial charge in [-0.2, -0.15) is 0 Å². The summed E-state index contributed by atoms with van der Waals surface area (Å²) in [7, 11) is -2.27. The summed E-state index contributed by atoms with van der Waals surface area (Å²) in [5, 5.41) is 3.28. The van der Waals surface area contributed by atoms with E-state index in [-0.39, 0.29) is 41.0 Å². The second kappa shape index (κ2) is 7.90. The molecule has 1 aromatic rings. The molecule has 1 heterocycles. The lowest BCUT2D eigenvalue weighted by Crippen LogP contribution is -2.51. The topological polar surface area (TPSA) is 87.7 Å². The molecular formula is C16H24ClN3O4S. The van der Waals surface area contributed by atoms with Crippen LogP contribution in [-0.4, -0.2) is 58.1 Å². The van der Waals surface area contributed by atoms with Crippen molar-refractivity contribution in [1.82, 2.24) is 14.9 Å². The highest BCUT2D eigenvalue weighted by Crippen LogP contribution is 2.28. The number of carbonyl (C=O) groups excluding carboxylic acids is 1. The van der Waals surface area contributed by atoms with Gasteiger partial charge in [-0.05, 0) is 38.0 Å². The van der Waals surface area contributed by atoms with Crippen LogP contribution in [0.15, 0.2) is 23.1 Å². The van der Waals surface area contributed by atoms with E-state index in [2.05, 4.69) is 10.0 Å². The Morgan fingerprint density at radius 3 is 2.68 bits per heavy atom. The Kier molecular flexibility index (Phi) is 6.31. The molecule has 0 bridgehead atoms. The number of nitrogens with zero attached hydrogens (tertiary/aromatic N) is 1. The number of nitrogens with one attached hydrogen (secondary N) is 2. The van der Waals surface area contributed by atoms with Crippen LogP contribution in [0.25, 0.3) is 0 Å². The Labute approximate surface area is 154 Å². The van der Waals surface area contributed by atoms with Crippen molar-refractivity contribution < 1.29 is 17.9 Å². The number of hydrogen-bond acceptors (Lipinski definition) is 5. The number of halogens is 1. The van der Waals surface area contributed by atoms with Gasteiger partial charge in [-0.15, -0.1) is 12.4 Å². The molecule has 1 atom stereocenters. The van der Waals surface area contributed by atoms with Crippen LogP contribution in [0.4, 0.5) is 0 Å². The van der Waals surface area contributed by atoms with Crippen LogP contribution >= 0.6 is 12.4 Å². The minimum absolute atomic E-state index is 0. The van der Waals surface area contributed by atoms with E-state index in [0.717, 1.165) is 19.4 Å². The molecule has 25 heavy (non-hydrogen) atoms. The van der Waals surface area contributed by atoms with Gasteiger partial charge in [0.15, 0.2) is 0 Å². The van der Waals surface area contributed by atoms with Crippen molar-refractivity contribution in [2.24, 2.45) is 0 Å². The summed E-state index contributed by atoms with van der Waals surface area (Å²) in [6.07, 6.45) is 1.69. The van der Waals surface area contributed by atoms with E-state index in [4.69, 9.17) is 4.74 Å². The van der Waals surface area contributed by atoms with E-state index in [1.807, 2.05) is 6.92 Å². The van der Waals surface area contributed by atoms with Crippen LogP contribution < -0.4 is 14.8 Å². The second-order valence-corrected chi connectivity index (χ2v) is 8.05. The standard InChI is InChI=1S/C16H23N3O4S.ClH/c1-11-10-19(8-7-17-11)16(20)12-3-6-14(23-2)15(9-12)24(21,22)18-13-4-5-13;/h3,6,9,11,13,17-18H,4-5,7-8,10H2,1-2H3;1H. The van der Waals surface area contributed by atoms with Crippen LogP contribution in [0, 0.1) is 0 Å². The van der Waals surface area contributed by atoms with Crippen LogP contribution in [0.2, 0.25) is 0 Å². The molecule has 2 aliphatic rings. The largest absolute Gasteiger partial charge is 0.495 e. The van der Waals surface area contributed by atoms with Crippen LogP contribution in [0.5, 0.6) is 5.75 Å². The molecule has 0 radical (unpaired) electrons. The molecule has 1 aromatic carbocycles. The van der Waals surface area contributed by atoms with E-state index in [1.165, 1.54) is 13.2 Å². The summed E-state index contributed by atoms with van der Waals surface area (Å²) in [5.74, 6) is 0.0854. The summed E-state index contributed by atoms with van der Waals surface area (Å²) in [4.78, 5) is 14.5. The molecule has 9 heteroatoms. The number of piperazine rings is 1. The molecule has 1 aliphatic heterocycles. The Bertz CT molecular complexity index is 737. The average molecular weight is 390 g/mol. The molecule has 140 valence electrons. The fourth-order valence-corrected chi connectivity index (χ4v) is 4.30. The highest BCUT2D eigenvalue weighted by Gasteiger charge is 2.31. The number of carbonyl (C=O) groups is 1. The second-order valence-electron chi connectivity index (χ2n) is 6.37. The Hall–Kier alpha value is -1.35. The Morgan fingerprint density at radius 1 is 1.36 bits per heavy atom. The summed E-state index contributed by atoms with van der Waals surface area (Å²) in [5.41, 5.74) is 0.362. The van der Waals surface area contributed by atoms with Crippen molar-refractivity contribution in [3.63, 3.8) is 0 Å². The summed E-state index contributed by atoms with van der Waals surface area (Å²) in [6, 6.07) is 4.79. The normalized spacial score (nSPS) is 20.7. The van der Waals surface area contributed by atoms with E-state index in [9.17, 15) is 13.2 Å². The fraction of sp³-hybridized carbons (Fsp3) is 0.562. The zero-order valence-corrected chi connectivity index (χ0v) is 16.0. The van der Waals surface area contributed by atoms with E-state index >= 15 is 0 Å². The monoisotopic (exact) mass is 389 g/mol. The molecule has 1 saturated heterocycles. The highest BCUT2D eigenvalue weighted by atomic mass is 35.5. The third-order valence-electron chi connectivity index (χ3n) is 4.26. The van der Waals surface area contributed by atoms with E-state index in [0.29, 0.717) is 18.7 Å². The number of ether oxygens (including phenoxy) is 1. The fourth-order valence-electron chi connectivity index (χ4n) is 2.80. The maximum Gasteiger partial charge on any atom is 0.253 e. The lowest BCUT2D eigenvalue weighted by atomic mass is 10.1. The van der Waals surface area contributed by atoms with Gasteiger partial charge in [-0.1, -0.05) is 0 Å². The smallest absolute Gasteiger partial charge is 0.253 e. The number of sulfonamides is 1. The van der Waals surface area contributed by atoms with Gasteiger partial charge in [0.05, 0.1) is 7.11 Å². The zero-order valence-electron chi connectivity index (χ0n) is 14.3. The van der Waals surface area contributed by atoms with Crippen LogP contribution in [0.1, 0.15) is 30.1 Å². The van der Waals surface area contributed by atoms with Crippen molar-refractivity contribution in [1.29, 1.82) is 0 Å². The molecule has 2 fully saturated rings.